The summed E-state index contributed by atoms with van der Waals surface area (Å²) >= 11 is 5.29. The summed E-state index contributed by atoms with van der Waals surface area (Å²) in [6.07, 6.45) is 0. The Morgan fingerprint density at radius 3 is 2.17 bits per heavy atom. The number of thiocarbonyl (C=S) groups is 1. The first-order valence-electron chi connectivity index (χ1n) is 9.64. The van der Waals surface area contributed by atoms with Gasteiger partial charge in [0.15, 0.2) is 5.11 Å². The number of para-hydroxylation sites is 1. The summed E-state index contributed by atoms with van der Waals surface area (Å²) in [4.78, 5) is 16.4. The maximum atomic E-state index is 13.1. The lowest BCUT2D eigenvalue weighted by Gasteiger charge is -2.12. The van der Waals surface area contributed by atoms with Gasteiger partial charge in [-0.2, -0.15) is 0 Å². The Morgan fingerprint density at radius 1 is 0.833 bits per heavy atom. The van der Waals surface area contributed by atoms with Crippen molar-refractivity contribution in [2.24, 2.45) is 0 Å². The summed E-state index contributed by atoms with van der Waals surface area (Å²) in [5, 5.41) is 4.39. The van der Waals surface area contributed by atoms with Crippen LogP contribution in [0.1, 0.15) is 21.6 Å². The zero-order valence-electron chi connectivity index (χ0n) is 16.7. The Balaban J connectivity index is 1.65. The number of carbonyl (C=O) groups is 1. The first-order valence-corrected chi connectivity index (χ1v) is 10.0. The van der Waals surface area contributed by atoms with E-state index in [-0.39, 0.29) is 5.91 Å². The molecule has 1 aromatic heterocycles. The third-order valence-corrected chi connectivity index (χ3v) is 5.19. The number of nitrogens with one attached hydrogen (secondary N) is 4. The second kappa shape index (κ2) is 8.39. The summed E-state index contributed by atoms with van der Waals surface area (Å²) in [6, 6.07) is 23.6. The molecule has 0 saturated carbocycles. The number of carbonyl (C=O) groups excluding carboxylic acids is 1. The number of fused-ring (bicyclic) bond motifs is 1. The van der Waals surface area contributed by atoms with E-state index in [0.717, 1.165) is 38.8 Å². The van der Waals surface area contributed by atoms with Crippen molar-refractivity contribution >= 4 is 39.8 Å². The second-order valence-corrected chi connectivity index (χ2v) is 7.50. The van der Waals surface area contributed by atoms with Crippen LogP contribution >= 0.6 is 12.2 Å². The van der Waals surface area contributed by atoms with Gasteiger partial charge in [0.2, 0.25) is 0 Å². The topological polar surface area (TPSA) is 69.0 Å². The highest BCUT2D eigenvalue weighted by molar-refractivity contribution is 7.80. The maximum absolute atomic E-state index is 13.1. The fourth-order valence-electron chi connectivity index (χ4n) is 3.53. The van der Waals surface area contributed by atoms with Gasteiger partial charge in [0.25, 0.3) is 5.91 Å². The van der Waals surface area contributed by atoms with Crippen LogP contribution in [-0.2, 0) is 0 Å². The molecule has 4 N–H and O–H groups in total. The molecule has 0 unspecified atom stereocenters. The van der Waals surface area contributed by atoms with Crippen LogP contribution in [0.3, 0.4) is 0 Å². The van der Waals surface area contributed by atoms with Crippen molar-refractivity contribution in [3.63, 3.8) is 0 Å². The number of amides is 1. The Bertz CT molecular complexity index is 1220. The van der Waals surface area contributed by atoms with Crippen molar-refractivity contribution in [2.45, 2.75) is 13.8 Å². The molecule has 1 heterocycles. The maximum Gasteiger partial charge on any atom is 0.286 e. The van der Waals surface area contributed by atoms with E-state index >= 15 is 0 Å². The van der Waals surface area contributed by atoms with E-state index in [9.17, 15) is 4.79 Å². The van der Waals surface area contributed by atoms with Gasteiger partial charge in [-0.15, -0.1) is 0 Å². The molecule has 6 heteroatoms. The monoisotopic (exact) mass is 414 g/mol. The molecule has 4 rings (SSSR count). The molecule has 0 fully saturated rings. The summed E-state index contributed by atoms with van der Waals surface area (Å²) in [5.41, 5.74) is 11.8. The van der Waals surface area contributed by atoms with Crippen LogP contribution in [0.15, 0.2) is 72.8 Å². The molecular weight excluding hydrogens is 392 g/mol. The van der Waals surface area contributed by atoms with Crippen LogP contribution in [0.5, 0.6) is 0 Å². The summed E-state index contributed by atoms with van der Waals surface area (Å²) in [5.74, 6) is -0.291. The number of benzene rings is 3. The lowest BCUT2D eigenvalue weighted by Crippen LogP contribution is -2.44. The van der Waals surface area contributed by atoms with Crippen molar-refractivity contribution in [1.82, 2.24) is 15.8 Å². The Hall–Kier alpha value is -3.64. The van der Waals surface area contributed by atoms with E-state index in [1.807, 2.05) is 67.6 Å². The minimum Gasteiger partial charge on any atom is -0.350 e. The zero-order chi connectivity index (χ0) is 21.1. The van der Waals surface area contributed by atoms with Crippen molar-refractivity contribution in [3.8, 4) is 11.1 Å². The number of H-pyrrole nitrogens is 1. The molecule has 30 heavy (non-hydrogen) atoms. The first-order chi connectivity index (χ1) is 14.5. The van der Waals surface area contributed by atoms with E-state index in [2.05, 4.69) is 40.2 Å². The largest absolute Gasteiger partial charge is 0.350 e. The highest BCUT2D eigenvalue weighted by Crippen LogP contribution is 2.35. The second-order valence-electron chi connectivity index (χ2n) is 7.09. The van der Waals surface area contributed by atoms with Crippen molar-refractivity contribution in [2.75, 3.05) is 5.32 Å². The summed E-state index contributed by atoms with van der Waals surface area (Å²) < 4.78 is 0. The molecule has 3 aromatic carbocycles. The predicted molar refractivity (Wildman–Crippen MR) is 126 cm³/mol. The molecule has 0 saturated heterocycles. The van der Waals surface area contributed by atoms with E-state index in [1.54, 1.807) is 0 Å². The van der Waals surface area contributed by atoms with Crippen molar-refractivity contribution in [3.05, 3.63) is 89.6 Å². The first kappa shape index (κ1) is 19.7. The minimum atomic E-state index is -0.291. The van der Waals surface area contributed by atoms with E-state index in [1.165, 1.54) is 0 Å². The van der Waals surface area contributed by atoms with Gasteiger partial charge in [0.05, 0.1) is 0 Å². The molecule has 0 bridgehead atoms. The van der Waals surface area contributed by atoms with Gasteiger partial charge in [-0.05, 0) is 54.9 Å². The summed E-state index contributed by atoms with van der Waals surface area (Å²) in [7, 11) is 0. The standard InChI is InChI=1S/C24H22N4OS/c1-15-13-14-16(2)21-19(15)20(17-9-5-3-6-10-17)22(26-21)23(29)27-28-24(30)25-18-11-7-4-8-12-18/h3-14,26H,1-2H3,(H,27,29)(H2,25,28,30). The van der Waals surface area contributed by atoms with Crippen molar-refractivity contribution < 1.29 is 4.79 Å². The molecule has 1 amide bonds. The smallest absolute Gasteiger partial charge is 0.286 e. The third kappa shape index (κ3) is 3.90. The fraction of sp³-hybridized carbons (Fsp3) is 0.0833. The van der Waals surface area contributed by atoms with Gasteiger partial charge in [-0.3, -0.25) is 15.6 Å². The predicted octanol–water partition coefficient (Wildman–Crippen LogP) is 5.08. The number of hydrogen-bond acceptors (Lipinski definition) is 2. The van der Waals surface area contributed by atoms with Gasteiger partial charge in [-0.1, -0.05) is 60.7 Å². The number of anilines is 1. The molecule has 150 valence electrons. The lowest BCUT2D eigenvalue weighted by molar-refractivity contribution is 0.0940. The average Bonchev–Trinajstić information content (AvgIpc) is 3.18. The van der Waals surface area contributed by atoms with E-state index in [0.29, 0.717) is 10.8 Å². The van der Waals surface area contributed by atoms with Crippen LogP contribution in [0.4, 0.5) is 5.69 Å². The number of rotatable bonds is 3. The quantitative estimate of drug-likeness (QED) is 0.279. The number of aryl methyl sites for hydroxylation is 2. The van der Waals surface area contributed by atoms with Gasteiger partial charge in [0.1, 0.15) is 5.69 Å². The molecular formula is C24H22N4OS. The SMILES string of the molecule is Cc1ccc(C)c2c(-c3ccccc3)c(C(=O)NNC(=S)Nc3ccccc3)[nH]c12. The molecule has 0 aliphatic heterocycles. The molecule has 0 radical (unpaired) electrons. The van der Waals surface area contributed by atoms with Crippen LogP contribution in [-0.4, -0.2) is 16.0 Å². The van der Waals surface area contributed by atoms with Gasteiger partial charge >= 0.3 is 0 Å². The number of hydrogen-bond donors (Lipinski definition) is 4. The number of hydrazine groups is 1. The van der Waals surface area contributed by atoms with Gasteiger partial charge < -0.3 is 10.3 Å². The van der Waals surface area contributed by atoms with Crippen LogP contribution < -0.4 is 16.2 Å². The van der Waals surface area contributed by atoms with E-state index in [4.69, 9.17) is 12.2 Å². The van der Waals surface area contributed by atoms with Gasteiger partial charge in [-0.25, -0.2) is 0 Å². The third-order valence-electron chi connectivity index (χ3n) is 4.98. The number of aromatic nitrogens is 1. The normalized spacial score (nSPS) is 10.6. The molecule has 0 atom stereocenters. The number of aromatic amines is 1. The molecule has 0 aliphatic carbocycles. The lowest BCUT2D eigenvalue weighted by atomic mass is 9.97. The average molecular weight is 415 g/mol. The van der Waals surface area contributed by atoms with Crippen LogP contribution in [0.25, 0.3) is 22.0 Å². The summed E-state index contributed by atoms with van der Waals surface area (Å²) in [6.45, 7) is 4.09. The molecule has 0 spiro atoms. The fourth-order valence-corrected chi connectivity index (χ4v) is 3.70. The Labute approximate surface area is 180 Å². The molecule has 5 nitrogen and oxygen atoms in total. The highest BCUT2D eigenvalue weighted by atomic mass is 32.1. The van der Waals surface area contributed by atoms with E-state index < -0.39 is 0 Å². The molecule has 0 aliphatic rings. The van der Waals surface area contributed by atoms with Gasteiger partial charge in [0, 0.05) is 22.2 Å². The van der Waals surface area contributed by atoms with Crippen molar-refractivity contribution in [1.29, 1.82) is 0 Å². The minimum absolute atomic E-state index is 0.291. The highest BCUT2D eigenvalue weighted by Gasteiger charge is 2.21. The Morgan fingerprint density at radius 2 is 1.47 bits per heavy atom. The zero-order valence-corrected chi connectivity index (χ0v) is 17.6. The molecule has 4 aromatic rings. The van der Waals surface area contributed by atoms with Crippen LogP contribution in [0.2, 0.25) is 0 Å². The Kier molecular flexibility index (Phi) is 5.50. The van der Waals surface area contributed by atoms with Crippen LogP contribution in [0, 0.1) is 13.8 Å².